The van der Waals surface area contributed by atoms with E-state index in [1.807, 2.05) is 36.7 Å². The maximum Gasteiger partial charge on any atom is 0.255 e. The summed E-state index contributed by atoms with van der Waals surface area (Å²) < 4.78 is 17.9. The number of aromatic nitrogens is 5. The average molecular weight is 704 g/mol. The van der Waals surface area contributed by atoms with Gasteiger partial charge in [0.05, 0.1) is 12.4 Å². The summed E-state index contributed by atoms with van der Waals surface area (Å²) in [7, 11) is 0. The van der Waals surface area contributed by atoms with Gasteiger partial charge in [-0.2, -0.15) is 0 Å². The predicted molar refractivity (Wildman–Crippen MR) is 196 cm³/mol. The number of rotatable bonds is 8. The first-order valence-electron chi connectivity index (χ1n) is 17.4. The third kappa shape index (κ3) is 6.49. The Bertz CT molecular complexity index is 2460. The number of ether oxygens (including phenoxy) is 3. The van der Waals surface area contributed by atoms with Gasteiger partial charge in [-0.3, -0.25) is 14.6 Å². The van der Waals surface area contributed by atoms with Gasteiger partial charge in [0.15, 0.2) is 5.75 Å². The molecule has 0 spiro atoms. The first kappa shape index (κ1) is 32.2. The van der Waals surface area contributed by atoms with Crippen LogP contribution < -0.4 is 19.5 Å². The number of nitrogens with one attached hydrogen (secondary N) is 2. The molecule has 1 atom stereocenters. The van der Waals surface area contributed by atoms with Crippen LogP contribution in [-0.4, -0.2) is 66.5 Å². The fraction of sp³-hybridized carbons (Fsp3) is 0.220. The number of amides is 2. The van der Waals surface area contributed by atoms with Crippen LogP contribution in [0.5, 0.6) is 17.4 Å². The summed E-state index contributed by atoms with van der Waals surface area (Å²) in [4.78, 5) is 47.9. The Morgan fingerprint density at radius 2 is 1.70 bits per heavy atom. The first-order valence-corrected chi connectivity index (χ1v) is 17.4. The van der Waals surface area contributed by atoms with Crippen LogP contribution in [0.2, 0.25) is 0 Å². The van der Waals surface area contributed by atoms with Crippen LogP contribution in [0.4, 0.5) is 0 Å². The molecule has 0 radical (unpaired) electrons. The second-order valence-corrected chi connectivity index (χ2v) is 13.4. The topological polar surface area (TPSA) is 144 Å². The number of fused-ring (bicyclic) bond motifs is 4. The van der Waals surface area contributed by atoms with Gasteiger partial charge in [0.25, 0.3) is 5.91 Å². The molecule has 2 aliphatic heterocycles. The van der Waals surface area contributed by atoms with Crippen molar-refractivity contribution in [2.45, 2.75) is 50.5 Å². The second-order valence-electron chi connectivity index (χ2n) is 13.4. The molecule has 1 saturated heterocycles. The van der Waals surface area contributed by atoms with E-state index in [1.165, 1.54) is 0 Å². The Labute approximate surface area is 304 Å². The third-order valence-corrected chi connectivity index (χ3v) is 9.86. The Balaban J connectivity index is 0.724. The highest BCUT2D eigenvalue weighted by atomic mass is 16.5. The lowest BCUT2D eigenvalue weighted by atomic mass is 9.92. The van der Waals surface area contributed by atoms with Crippen LogP contribution in [0.15, 0.2) is 97.9 Å². The molecule has 0 bridgehead atoms. The van der Waals surface area contributed by atoms with Gasteiger partial charge in [0.2, 0.25) is 17.6 Å². The summed E-state index contributed by atoms with van der Waals surface area (Å²) in [5.74, 6) is 7.59. The normalized spacial score (nSPS) is 19.3. The standard InChI is InChI=1S/C41H33N7O5/c1-24-4-10-37(40(49)46-24)48-23-27-15-28(7-9-32(27)41(48)50)51-14-2-3-38-43-20-31(21-44-38)52-29-17-30(18-29)53-39-11-6-26(19-45-39)25-5-8-33-34-22-42-13-12-35(34)47-36(33)16-25/h5-9,11-13,15-16,19-22,29-30,37,47H,1,4,10,14,17-18,23H2,(H,46,49). The van der Waals surface area contributed by atoms with Crippen molar-refractivity contribution >= 4 is 33.6 Å². The van der Waals surface area contributed by atoms with Crippen molar-refractivity contribution in [1.29, 1.82) is 0 Å². The Kier molecular flexibility index (Phi) is 8.15. The molecular weight excluding hydrogens is 670 g/mol. The minimum Gasteiger partial charge on any atom is -0.487 e. The number of piperidine rings is 1. The number of aromatic amines is 1. The van der Waals surface area contributed by atoms with E-state index in [1.54, 1.807) is 35.6 Å². The largest absolute Gasteiger partial charge is 0.487 e. The van der Waals surface area contributed by atoms with Crippen molar-refractivity contribution in [3.8, 4) is 40.3 Å². The van der Waals surface area contributed by atoms with Crippen LogP contribution >= 0.6 is 0 Å². The lowest BCUT2D eigenvalue weighted by Gasteiger charge is -2.34. The lowest BCUT2D eigenvalue weighted by Crippen LogP contribution is -2.49. The molecule has 6 aromatic rings. The molecule has 12 nitrogen and oxygen atoms in total. The predicted octanol–water partition coefficient (Wildman–Crippen LogP) is 5.74. The number of hydrogen-bond donors (Lipinski definition) is 2. The molecule has 1 saturated carbocycles. The fourth-order valence-electron chi connectivity index (χ4n) is 7.02. The maximum absolute atomic E-state index is 13.0. The number of pyridine rings is 2. The quantitative estimate of drug-likeness (QED) is 0.190. The highest BCUT2D eigenvalue weighted by Gasteiger charge is 2.38. The van der Waals surface area contributed by atoms with Crippen LogP contribution in [0.3, 0.4) is 0 Å². The van der Waals surface area contributed by atoms with Gasteiger partial charge in [-0.15, -0.1) is 0 Å². The van der Waals surface area contributed by atoms with E-state index in [9.17, 15) is 9.59 Å². The molecule has 262 valence electrons. The van der Waals surface area contributed by atoms with E-state index in [4.69, 9.17) is 14.2 Å². The third-order valence-electron chi connectivity index (χ3n) is 9.86. The van der Waals surface area contributed by atoms with Gasteiger partial charge < -0.3 is 29.4 Å². The smallest absolute Gasteiger partial charge is 0.255 e. The molecule has 1 unspecified atom stereocenters. The summed E-state index contributed by atoms with van der Waals surface area (Å²) in [5, 5.41) is 5.01. The van der Waals surface area contributed by atoms with E-state index in [0.29, 0.717) is 53.9 Å². The van der Waals surface area contributed by atoms with Gasteiger partial charge in [-0.1, -0.05) is 24.6 Å². The van der Waals surface area contributed by atoms with Crippen molar-refractivity contribution in [2.75, 3.05) is 6.61 Å². The van der Waals surface area contributed by atoms with E-state index in [-0.39, 0.29) is 30.6 Å². The van der Waals surface area contributed by atoms with Gasteiger partial charge >= 0.3 is 0 Å². The summed E-state index contributed by atoms with van der Waals surface area (Å²) in [6.45, 7) is 4.29. The number of H-pyrrole nitrogens is 1. The van der Waals surface area contributed by atoms with Gasteiger partial charge in [-0.25, -0.2) is 15.0 Å². The number of carbonyl (C=O) groups excluding carboxylic acids is 2. The zero-order valence-electron chi connectivity index (χ0n) is 28.5. The lowest BCUT2D eigenvalue weighted by molar-refractivity contribution is -0.126. The van der Waals surface area contributed by atoms with Crippen molar-refractivity contribution in [2.24, 2.45) is 0 Å². The minimum absolute atomic E-state index is 0.000889. The molecular formula is C41H33N7O5. The van der Waals surface area contributed by atoms with E-state index < -0.39 is 6.04 Å². The summed E-state index contributed by atoms with van der Waals surface area (Å²) in [6.07, 6.45) is 11.4. The van der Waals surface area contributed by atoms with Gasteiger partial charge in [0, 0.05) is 82.7 Å². The molecule has 4 aromatic heterocycles. The molecule has 2 aromatic carbocycles. The molecule has 2 fully saturated rings. The maximum atomic E-state index is 13.0. The Morgan fingerprint density at radius 3 is 2.53 bits per heavy atom. The van der Waals surface area contributed by atoms with E-state index in [2.05, 4.69) is 66.9 Å². The Hall–Kier alpha value is -6.74. The molecule has 12 heteroatoms. The molecule has 2 amide bonds. The SMILES string of the molecule is C=C1CCC(N2Cc3cc(OCC#Cc4ncc(OC5CC(Oc6ccc(-c7ccc8c(c7)[nH]c7ccncc78)cn6)C5)cn4)ccc3C2=O)C(=O)N1. The Morgan fingerprint density at radius 1 is 0.849 bits per heavy atom. The van der Waals surface area contributed by atoms with Crippen LogP contribution in [-0.2, 0) is 11.3 Å². The van der Waals surface area contributed by atoms with Crippen molar-refractivity contribution in [3.05, 3.63) is 115 Å². The molecule has 3 aliphatic rings. The highest BCUT2D eigenvalue weighted by molar-refractivity contribution is 6.07. The van der Waals surface area contributed by atoms with Crippen molar-refractivity contribution in [3.63, 3.8) is 0 Å². The summed E-state index contributed by atoms with van der Waals surface area (Å²) in [5.41, 5.74) is 6.30. The van der Waals surface area contributed by atoms with Gasteiger partial charge in [-0.05, 0) is 66.3 Å². The van der Waals surface area contributed by atoms with Crippen LogP contribution in [0.1, 0.15) is 47.4 Å². The second kappa shape index (κ2) is 13.4. The zero-order valence-corrected chi connectivity index (χ0v) is 28.5. The summed E-state index contributed by atoms with van der Waals surface area (Å²) >= 11 is 0. The van der Waals surface area contributed by atoms with Crippen LogP contribution in [0.25, 0.3) is 32.9 Å². The molecule has 53 heavy (non-hydrogen) atoms. The number of hydrogen-bond acceptors (Lipinski definition) is 9. The first-order chi connectivity index (χ1) is 25.9. The minimum atomic E-state index is -0.502. The number of nitrogens with zero attached hydrogens (tertiary/aromatic N) is 5. The molecule has 1 aliphatic carbocycles. The van der Waals surface area contributed by atoms with Gasteiger partial charge in [0.1, 0.15) is 30.6 Å². The number of carbonyl (C=O) groups is 2. The number of allylic oxidation sites excluding steroid dienone is 1. The van der Waals surface area contributed by atoms with E-state index >= 15 is 0 Å². The molecule has 9 rings (SSSR count). The van der Waals surface area contributed by atoms with Crippen LogP contribution in [0, 0.1) is 11.8 Å². The average Bonchev–Trinajstić information content (AvgIpc) is 3.69. The van der Waals surface area contributed by atoms with Crippen molar-refractivity contribution in [1.82, 2.24) is 35.1 Å². The number of benzene rings is 2. The zero-order chi connectivity index (χ0) is 35.9. The fourth-order valence-corrected chi connectivity index (χ4v) is 7.02. The van der Waals surface area contributed by atoms with E-state index in [0.717, 1.165) is 51.3 Å². The summed E-state index contributed by atoms with van der Waals surface area (Å²) in [6, 6.07) is 17.0. The molecule has 6 heterocycles. The molecule has 2 N–H and O–H groups in total. The van der Waals surface area contributed by atoms with Crippen molar-refractivity contribution < 1.29 is 23.8 Å². The highest BCUT2D eigenvalue weighted by Crippen LogP contribution is 2.33. The monoisotopic (exact) mass is 703 g/mol.